The highest BCUT2D eigenvalue weighted by Gasteiger charge is 2.31. The van der Waals surface area contributed by atoms with Gasteiger partial charge in [-0.15, -0.1) is 10.2 Å². The van der Waals surface area contributed by atoms with Crippen molar-refractivity contribution in [1.82, 2.24) is 14.5 Å². The van der Waals surface area contributed by atoms with Crippen molar-refractivity contribution >= 4 is 15.7 Å². The number of aryl methyl sites for hydroxylation is 1. The van der Waals surface area contributed by atoms with Crippen LogP contribution in [0.1, 0.15) is 12.8 Å². The fourth-order valence-electron chi connectivity index (χ4n) is 3.02. The molecule has 0 radical (unpaired) electrons. The van der Waals surface area contributed by atoms with Gasteiger partial charge in [-0.05, 0) is 24.3 Å². The number of anilines is 1. The smallest absolute Gasteiger partial charge is 0.283 e. The Labute approximate surface area is 157 Å². The Bertz CT molecular complexity index is 1000. The van der Waals surface area contributed by atoms with Crippen LogP contribution < -0.4 is 4.90 Å². The number of hydrogen-bond donors (Lipinski definition) is 0. The van der Waals surface area contributed by atoms with Gasteiger partial charge in [0.2, 0.25) is 11.0 Å². The summed E-state index contributed by atoms with van der Waals surface area (Å²) >= 11 is 0. The fraction of sp³-hybridized carbons (Fsp3) is 0.333. The summed E-state index contributed by atoms with van der Waals surface area (Å²) in [5, 5.41) is 7.64. The van der Waals surface area contributed by atoms with E-state index < -0.39 is 10.0 Å². The second-order valence-corrected chi connectivity index (χ2v) is 8.07. The molecule has 1 aliphatic heterocycles. The molecule has 0 unspecified atom stereocenters. The molecule has 0 saturated carbocycles. The summed E-state index contributed by atoms with van der Waals surface area (Å²) in [7, 11) is -3.70. The molecule has 1 aliphatic rings. The van der Waals surface area contributed by atoms with Gasteiger partial charge in [0.1, 0.15) is 0 Å². The zero-order valence-corrected chi connectivity index (χ0v) is 15.7. The lowest BCUT2D eigenvalue weighted by Gasteiger charge is -2.34. The van der Waals surface area contributed by atoms with Crippen molar-refractivity contribution in [3.63, 3.8) is 0 Å². The molecule has 0 aliphatic carbocycles. The van der Waals surface area contributed by atoms with Gasteiger partial charge >= 0.3 is 0 Å². The lowest BCUT2D eigenvalue weighted by Crippen LogP contribution is -2.48. The van der Waals surface area contributed by atoms with Crippen LogP contribution in [-0.4, -0.2) is 49.1 Å². The molecule has 4 rings (SSSR count). The molecule has 27 heavy (non-hydrogen) atoms. The molecule has 142 valence electrons. The number of benzene rings is 1. The van der Waals surface area contributed by atoms with Crippen molar-refractivity contribution in [3.05, 3.63) is 48.4 Å². The number of sulfonamides is 1. The molecule has 1 fully saturated rings. The van der Waals surface area contributed by atoms with Crippen LogP contribution in [0.15, 0.2) is 56.4 Å². The molecule has 9 heteroatoms. The maximum atomic E-state index is 12.9. The average Bonchev–Trinajstić information content (AvgIpc) is 3.38. The van der Waals surface area contributed by atoms with E-state index in [9.17, 15) is 8.42 Å². The van der Waals surface area contributed by atoms with E-state index in [1.165, 1.54) is 10.4 Å². The van der Waals surface area contributed by atoms with E-state index in [2.05, 4.69) is 15.1 Å². The Hall–Kier alpha value is -2.65. The van der Waals surface area contributed by atoms with E-state index in [4.69, 9.17) is 8.83 Å². The van der Waals surface area contributed by atoms with Gasteiger partial charge in [0.25, 0.3) is 15.9 Å². The number of nitrogens with zero attached hydrogens (tertiary/aromatic N) is 4. The van der Waals surface area contributed by atoms with Crippen molar-refractivity contribution in [2.45, 2.75) is 18.4 Å². The Morgan fingerprint density at radius 2 is 1.70 bits per heavy atom. The highest BCUT2D eigenvalue weighted by molar-refractivity contribution is 7.89. The third-order valence-corrected chi connectivity index (χ3v) is 6.29. The second kappa shape index (κ2) is 7.16. The largest absolute Gasteiger partial charge is 0.438 e. The van der Waals surface area contributed by atoms with E-state index in [1.807, 2.05) is 37.3 Å². The topological polar surface area (TPSA) is 92.7 Å². The zero-order valence-electron chi connectivity index (χ0n) is 14.9. The summed E-state index contributed by atoms with van der Waals surface area (Å²) in [6.07, 6.45) is 0.602. The quantitative estimate of drug-likeness (QED) is 0.662. The maximum Gasteiger partial charge on any atom is 0.283 e. The molecule has 0 bridgehead atoms. The summed E-state index contributed by atoms with van der Waals surface area (Å²) < 4.78 is 38.2. The number of furan rings is 1. The normalized spacial score (nSPS) is 16.0. The highest BCUT2D eigenvalue weighted by Crippen LogP contribution is 2.27. The first kappa shape index (κ1) is 17.7. The first-order valence-electron chi connectivity index (χ1n) is 8.80. The predicted molar refractivity (Wildman–Crippen MR) is 98.8 cm³/mol. The van der Waals surface area contributed by atoms with Crippen LogP contribution in [0.25, 0.3) is 11.7 Å². The Morgan fingerprint density at radius 3 is 2.37 bits per heavy atom. The minimum Gasteiger partial charge on any atom is -0.438 e. The molecule has 1 aromatic carbocycles. The maximum absolute atomic E-state index is 12.9. The summed E-state index contributed by atoms with van der Waals surface area (Å²) in [6.45, 7) is 3.94. The molecule has 1 saturated heterocycles. The number of rotatable bonds is 5. The van der Waals surface area contributed by atoms with Crippen LogP contribution in [0.5, 0.6) is 0 Å². The van der Waals surface area contributed by atoms with Gasteiger partial charge in [-0.1, -0.05) is 25.1 Å². The van der Waals surface area contributed by atoms with Crippen molar-refractivity contribution in [2.75, 3.05) is 31.1 Å². The van der Waals surface area contributed by atoms with Gasteiger partial charge in [0.15, 0.2) is 5.76 Å². The average molecular weight is 388 g/mol. The number of hydrogen-bond acceptors (Lipinski definition) is 7. The Balaban J connectivity index is 1.48. The second-order valence-electron chi connectivity index (χ2n) is 6.20. The summed E-state index contributed by atoms with van der Waals surface area (Å²) in [5.41, 5.74) is 1.10. The van der Waals surface area contributed by atoms with E-state index in [0.717, 1.165) is 5.69 Å². The standard InChI is InChI=1S/C18H20N4O4S/c1-2-16-19-20-18(26-16)15-8-9-17(25-15)27(23,24)22-12-10-21(11-13-22)14-6-4-3-5-7-14/h3-9H,2,10-13H2,1H3. The van der Waals surface area contributed by atoms with Gasteiger partial charge in [-0.25, -0.2) is 8.42 Å². The SMILES string of the molecule is CCc1nnc(-c2ccc(S(=O)(=O)N3CCN(c4ccccc4)CC3)o2)o1. The van der Waals surface area contributed by atoms with Gasteiger partial charge in [-0.3, -0.25) is 0 Å². The lowest BCUT2D eigenvalue weighted by atomic mass is 10.2. The zero-order chi connectivity index (χ0) is 18.9. The molecule has 2 aromatic heterocycles. The molecule has 0 atom stereocenters. The number of aromatic nitrogens is 2. The molecular formula is C18H20N4O4S. The van der Waals surface area contributed by atoms with E-state index in [0.29, 0.717) is 38.5 Å². The van der Waals surface area contributed by atoms with Gasteiger partial charge in [-0.2, -0.15) is 4.31 Å². The highest BCUT2D eigenvalue weighted by atomic mass is 32.2. The first-order chi connectivity index (χ1) is 13.1. The minimum absolute atomic E-state index is 0.109. The lowest BCUT2D eigenvalue weighted by molar-refractivity contribution is 0.361. The van der Waals surface area contributed by atoms with Crippen LogP contribution in [-0.2, 0) is 16.4 Å². The van der Waals surface area contributed by atoms with E-state index >= 15 is 0 Å². The number of para-hydroxylation sites is 1. The molecule has 3 aromatic rings. The summed E-state index contributed by atoms with van der Waals surface area (Å²) in [5.74, 6) is 0.911. The van der Waals surface area contributed by atoms with Crippen molar-refractivity contribution in [2.24, 2.45) is 0 Å². The molecule has 3 heterocycles. The molecule has 0 N–H and O–H groups in total. The van der Waals surface area contributed by atoms with Crippen molar-refractivity contribution < 1.29 is 17.3 Å². The predicted octanol–water partition coefficient (Wildman–Crippen LogP) is 2.40. The van der Waals surface area contributed by atoms with Crippen LogP contribution in [0, 0.1) is 0 Å². The van der Waals surface area contributed by atoms with Crippen LogP contribution >= 0.6 is 0 Å². The van der Waals surface area contributed by atoms with Gasteiger partial charge in [0.05, 0.1) is 0 Å². The van der Waals surface area contributed by atoms with Crippen LogP contribution in [0.4, 0.5) is 5.69 Å². The minimum atomic E-state index is -3.70. The van der Waals surface area contributed by atoms with Crippen LogP contribution in [0.2, 0.25) is 0 Å². The van der Waals surface area contributed by atoms with E-state index in [-0.39, 0.29) is 16.7 Å². The molecule has 0 amide bonds. The van der Waals surface area contributed by atoms with Gasteiger partial charge < -0.3 is 13.7 Å². The summed E-state index contributed by atoms with van der Waals surface area (Å²) in [6, 6.07) is 12.9. The summed E-state index contributed by atoms with van der Waals surface area (Å²) in [4.78, 5) is 2.17. The Morgan fingerprint density at radius 1 is 0.963 bits per heavy atom. The monoisotopic (exact) mass is 388 g/mol. The fourth-order valence-corrected chi connectivity index (χ4v) is 4.36. The third kappa shape index (κ3) is 3.47. The number of piperazine rings is 1. The van der Waals surface area contributed by atoms with Crippen molar-refractivity contribution in [1.29, 1.82) is 0 Å². The molecule has 0 spiro atoms. The molecule has 8 nitrogen and oxygen atoms in total. The third-order valence-electron chi connectivity index (χ3n) is 4.52. The van der Waals surface area contributed by atoms with Crippen LogP contribution in [0.3, 0.4) is 0 Å². The van der Waals surface area contributed by atoms with E-state index in [1.54, 1.807) is 6.07 Å². The van der Waals surface area contributed by atoms with Crippen molar-refractivity contribution in [3.8, 4) is 11.7 Å². The first-order valence-corrected chi connectivity index (χ1v) is 10.2. The van der Waals surface area contributed by atoms with Gasteiger partial charge in [0, 0.05) is 38.3 Å². The molecular weight excluding hydrogens is 368 g/mol. The Kier molecular flexibility index (Phi) is 4.71.